The van der Waals surface area contributed by atoms with Crippen LogP contribution >= 0.6 is 0 Å². The molecule has 0 amide bonds. The first-order chi connectivity index (χ1) is 24.9. The topological polar surface area (TPSA) is 366 Å². The van der Waals surface area contributed by atoms with E-state index in [0.717, 1.165) is 0 Å². The zero-order valence-electron chi connectivity index (χ0n) is 28.8. The molecule has 0 aliphatic carbocycles. The Morgan fingerprint density at radius 2 is 0.755 bits per heavy atom. The van der Waals surface area contributed by atoms with Crippen molar-refractivity contribution in [1.82, 2.24) is 0 Å². The highest BCUT2D eigenvalue weighted by Gasteiger charge is 2.56. The summed E-state index contributed by atoms with van der Waals surface area (Å²) in [5.41, 5.74) is 0. The molecule has 0 aromatic heterocycles. The second-order valence-corrected chi connectivity index (χ2v) is 13.9. The van der Waals surface area contributed by atoms with Gasteiger partial charge in [0.25, 0.3) is 0 Å². The van der Waals surface area contributed by atoms with E-state index < -0.39 is 167 Å². The third-order valence-electron chi connectivity index (χ3n) is 10.2. The number of rotatable bonds is 10. The molecule has 5 aliphatic rings. The van der Waals surface area contributed by atoms with Gasteiger partial charge >= 0.3 is 0 Å². The molecule has 14 N–H and O–H groups in total. The molecule has 0 aromatic rings. The average Bonchev–Trinajstić information content (AvgIpc) is 3.13. The Morgan fingerprint density at radius 3 is 1.26 bits per heavy atom. The minimum Gasteiger partial charge on any atom is -0.394 e. The molecule has 310 valence electrons. The fourth-order valence-electron chi connectivity index (χ4n) is 6.85. The normalized spacial score (nSPS) is 55.5. The second-order valence-electron chi connectivity index (χ2n) is 13.9. The van der Waals surface area contributed by atoms with Gasteiger partial charge in [0, 0.05) is 0 Å². The van der Waals surface area contributed by atoms with Crippen LogP contribution in [0, 0.1) is 0 Å². The van der Waals surface area contributed by atoms with Gasteiger partial charge in [0.15, 0.2) is 31.5 Å². The molecule has 5 saturated heterocycles. The molecule has 5 aliphatic heterocycles. The monoisotopic (exact) mass is 780 g/mol. The van der Waals surface area contributed by atoms with Crippen LogP contribution in [-0.4, -0.2) is 238 Å². The summed E-state index contributed by atoms with van der Waals surface area (Å²) in [5.74, 6) is 0. The Bertz CT molecular complexity index is 1160. The zero-order chi connectivity index (χ0) is 39.2. The fraction of sp³-hybridized carbons (Fsp3) is 1.00. The third kappa shape index (κ3) is 8.68. The van der Waals surface area contributed by atoms with Crippen molar-refractivity contribution in [3.63, 3.8) is 0 Å². The SMILES string of the molecule is C[C@H]1O[C@@H](O[C@H]2[C@H](O[C@H]3[C@H](O)[C@@H](O[C@@H]4O[C@H](C)[C@@H](O)[C@H](O)[C@H]4O)[C@H](O[C@@H]4[C@@H](O)[C@H](O)O[C@H](CO)[C@H]4O)O[C@@H]3C)O[C@H](CO)[C@H](O)[C@@H]2O)[C@H](O)[C@@H](O)[C@H]1O. The summed E-state index contributed by atoms with van der Waals surface area (Å²) < 4.78 is 51.0. The van der Waals surface area contributed by atoms with Crippen LogP contribution in [0.5, 0.6) is 0 Å². The van der Waals surface area contributed by atoms with Gasteiger partial charge in [0.1, 0.15) is 104 Å². The second kappa shape index (κ2) is 17.7. The molecule has 0 unspecified atom stereocenters. The van der Waals surface area contributed by atoms with Gasteiger partial charge in [-0.25, -0.2) is 0 Å². The van der Waals surface area contributed by atoms with Gasteiger partial charge in [-0.3, -0.25) is 0 Å². The first kappa shape index (κ1) is 43.2. The molecule has 0 spiro atoms. The van der Waals surface area contributed by atoms with Crippen molar-refractivity contribution in [1.29, 1.82) is 0 Å². The van der Waals surface area contributed by atoms with Crippen LogP contribution < -0.4 is 0 Å². The Kier molecular flexibility index (Phi) is 14.4. The van der Waals surface area contributed by atoms with E-state index in [9.17, 15) is 71.5 Å². The molecule has 5 fully saturated rings. The molecule has 25 atom stereocenters. The molecule has 0 aromatic carbocycles. The van der Waals surface area contributed by atoms with Crippen molar-refractivity contribution in [3.8, 4) is 0 Å². The van der Waals surface area contributed by atoms with Crippen LogP contribution in [0.3, 0.4) is 0 Å². The van der Waals surface area contributed by atoms with E-state index in [1.54, 1.807) is 0 Å². The molecule has 23 heteroatoms. The van der Waals surface area contributed by atoms with Gasteiger partial charge in [-0.05, 0) is 20.8 Å². The maximum absolute atomic E-state index is 11.8. The first-order valence-electron chi connectivity index (χ1n) is 17.2. The van der Waals surface area contributed by atoms with Gasteiger partial charge in [0.05, 0.1) is 31.5 Å². The van der Waals surface area contributed by atoms with E-state index in [1.165, 1.54) is 20.8 Å². The average molecular weight is 781 g/mol. The molecule has 5 heterocycles. The number of aliphatic hydroxyl groups excluding tert-OH is 14. The lowest BCUT2D eigenvalue weighted by molar-refractivity contribution is -0.405. The highest BCUT2D eigenvalue weighted by Crippen LogP contribution is 2.36. The van der Waals surface area contributed by atoms with Crippen molar-refractivity contribution in [2.45, 2.75) is 174 Å². The van der Waals surface area contributed by atoms with Crippen molar-refractivity contribution >= 4 is 0 Å². The van der Waals surface area contributed by atoms with Crippen LogP contribution in [0.15, 0.2) is 0 Å². The van der Waals surface area contributed by atoms with E-state index in [0.29, 0.717) is 0 Å². The quantitative estimate of drug-likeness (QED) is 0.0978. The molecule has 53 heavy (non-hydrogen) atoms. The predicted molar refractivity (Wildman–Crippen MR) is 162 cm³/mol. The lowest BCUT2D eigenvalue weighted by Gasteiger charge is -2.50. The predicted octanol–water partition coefficient (Wildman–Crippen LogP) is -8.84. The standard InChI is InChI=1S/C30H52O23/c1-6-11(33)15(37)18(40)27(45-6)52-24-17(39)13(35)9(4-31)49-30(24)50-22-8(3)47-29(51-23-14(36)10(5-32)48-26(44)21(23)43)25(20(22)42)53-28-19(41)16(38)12(34)7(2)46-28/h6-44H,4-5H2,1-3H3/t6-,7-,8-,9-,10-,11+,12-,13+,14-,15+,16+,17+,18-,19-,20+,21-,22-,23+,24-,25-,26-,27+,28+,29+,30+/m1/s1. The Labute approximate surface area is 301 Å². The molecule has 23 nitrogen and oxygen atoms in total. The van der Waals surface area contributed by atoms with Crippen LogP contribution in [0.2, 0.25) is 0 Å². The number of aliphatic hydroxyl groups is 14. The number of hydrogen-bond acceptors (Lipinski definition) is 23. The van der Waals surface area contributed by atoms with Crippen LogP contribution in [0.4, 0.5) is 0 Å². The highest BCUT2D eigenvalue weighted by molar-refractivity contribution is 4.98. The maximum atomic E-state index is 11.8. The summed E-state index contributed by atoms with van der Waals surface area (Å²) in [4.78, 5) is 0. The molecule has 5 rings (SSSR count). The van der Waals surface area contributed by atoms with Crippen LogP contribution in [0.25, 0.3) is 0 Å². The largest absolute Gasteiger partial charge is 0.394 e. The Morgan fingerprint density at radius 1 is 0.340 bits per heavy atom. The smallest absolute Gasteiger partial charge is 0.187 e. The van der Waals surface area contributed by atoms with E-state index >= 15 is 0 Å². The van der Waals surface area contributed by atoms with Gasteiger partial charge in [-0.15, -0.1) is 0 Å². The van der Waals surface area contributed by atoms with Crippen molar-refractivity contribution in [2.75, 3.05) is 13.2 Å². The number of hydrogen-bond donors (Lipinski definition) is 14. The van der Waals surface area contributed by atoms with Crippen LogP contribution in [0.1, 0.15) is 20.8 Å². The maximum Gasteiger partial charge on any atom is 0.187 e. The van der Waals surface area contributed by atoms with Crippen molar-refractivity contribution in [2.24, 2.45) is 0 Å². The number of ether oxygens (including phenoxy) is 9. The van der Waals surface area contributed by atoms with E-state index in [1.807, 2.05) is 0 Å². The minimum absolute atomic E-state index is 0.813. The Hall–Kier alpha value is -0.920. The third-order valence-corrected chi connectivity index (χ3v) is 10.2. The molecule has 0 saturated carbocycles. The fourth-order valence-corrected chi connectivity index (χ4v) is 6.85. The van der Waals surface area contributed by atoms with E-state index in [-0.39, 0.29) is 0 Å². The summed E-state index contributed by atoms with van der Waals surface area (Å²) in [6.45, 7) is 2.39. The van der Waals surface area contributed by atoms with Crippen molar-refractivity contribution in [3.05, 3.63) is 0 Å². The van der Waals surface area contributed by atoms with E-state index in [4.69, 9.17) is 42.6 Å². The molecule has 0 bridgehead atoms. The summed E-state index contributed by atoms with van der Waals surface area (Å²) in [6, 6.07) is 0. The summed E-state index contributed by atoms with van der Waals surface area (Å²) in [6.07, 6.45) is -42.5. The molecule has 0 radical (unpaired) electrons. The van der Waals surface area contributed by atoms with Crippen LogP contribution in [-0.2, 0) is 42.6 Å². The van der Waals surface area contributed by atoms with Gasteiger partial charge in [-0.2, -0.15) is 0 Å². The lowest BCUT2D eigenvalue weighted by Crippen LogP contribution is -2.68. The summed E-state index contributed by atoms with van der Waals surface area (Å²) in [7, 11) is 0. The minimum atomic E-state index is -1.96. The molecular formula is C30H52O23. The lowest BCUT2D eigenvalue weighted by atomic mass is 9.95. The summed E-state index contributed by atoms with van der Waals surface area (Å²) in [5, 5.41) is 147. The summed E-state index contributed by atoms with van der Waals surface area (Å²) >= 11 is 0. The Balaban J connectivity index is 1.43. The van der Waals surface area contributed by atoms with E-state index in [2.05, 4.69) is 0 Å². The highest BCUT2D eigenvalue weighted by atomic mass is 16.8. The first-order valence-corrected chi connectivity index (χ1v) is 17.2. The van der Waals surface area contributed by atoms with Gasteiger partial charge in [0.2, 0.25) is 0 Å². The molecular weight excluding hydrogens is 728 g/mol. The van der Waals surface area contributed by atoms with Crippen molar-refractivity contribution < 1.29 is 114 Å². The zero-order valence-corrected chi connectivity index (χ0v) is 28.8. The van der Waals surface area contributed by atoms with Gasteiger partial charge in [-0.1, -0.05) is 0 Å². The van der Waals surface area contributed by atoms with Gasteiger partial charge < -0.3 is 114 Å².